The lowest BCUT2D eigenvalue weighted by molar-refractivity contribution is -0.130. The van der Waals surface area contributed by atoms with E-state index in [0.717, 1.165) is 34.7 Å². The van der Waals surface area contributed by atoms with Crippen molar-refractivity contribution in [2.45, 2.75) is 94.0 Å². The van der Waals surface area contributed by atoms with E-state index < -0.39 is 87.2 Å². The van der Waals surface area contributed by atoms with E-state index in [9.17, 15) is 50.4 Å². The number of anilines is 1. The fraction of sp³-hybridized carbons (Fsp3) is 0.564. The van der Waals surface area contributed by atoms with Crippen LogP contribution in [-0.4, -0.2) is 185 Å². The lowest BCUT2D eigenvalue weighted by atomic mass is 9.94. The lowest BCUT2D eigenvalue weighted by Gasteiger charge is -2.33. The van der Waals surface area contributed by atoms with Crippen LogP contribution in [0.2, 0.25) is 5.15 Å². The van der Waals surface area contributed by atoms with Gasteiger partial charge in [0.1, 0.15) is 36.6 Å². The van der Waals surface area contributed by atoms with Gasteiger partial charge in [-0.3, -0.25) is 30.1 Å². The third kappa shape index (κ3) is 15.6. The number of benzene rings is 2. The molecule has 0 unspecified atom stereocenters. The molecule has 0 aliphatic rings. The van der Waals surface area contributed by atoms with Gasteiger partial charge in [0.2, 0.25) is 6.41 Å². The molecule has 9 atom stereocenters. The van der Waals surface area contributed by atoms with Crippen molar-refractivity contribution >= 4 is 46.5 Å². The number of aliphatic imine (C=N–C) groups is 1. The van der Waals surface area contributed by atoms with Crippen LogP contribution in [0.4, 0.5) is 5.82 Å². The molecule has 340 valence electrons. The third-order valence-electron chi connectivity index (χ3n) is 10.0. The number of nitrogens with zero attached hydrogens (tertiary/aromatic N) is 4. The molecular formula is C39H60ClN9O12. The van der Waals surface area contributed by atoms with Gasteiger partial charge in [-0.1, -0.05) is 48.0 Å². The van der Waals surface area contributed by atoms with Crippen molar-refractivity contribution in [2.24, 2.45) is 10.7 Å². The third-order valence-corrected chi connectivity index (χ3v) is 10.4. The molecule has 3 rings (SSSR count). The number of aryl methyl sites for hydroxylation is 2. The Morgan fingerprint density at radius 2 is 1.39 bits per heavy atom. The zero-order chi connectivity index (χ0) is 45.2. The summed E-state index contributed by atoms with van der Waals surface area (Å²) in [6.07, 6.45) is -11.6. The first-order chi connectivity index (χ1) is 29.0. The molecule has 1 aromatic heterocycles. The van der Waals surface area contributed by atoms with Crippen molar-refractivity contribution < 1.29 is 60.7 Å². The van der Waals surface area contributed by atoms with Gasteiger partial charge < -0.3 is 67.8 Å². The number of unbranched alkanes of at least 4 members (excludes halogenated alkanes) is 1. The zero-order valence-corrected chi connectivity index (χ0v) is 34.6. The first-order valence-corrected chi connectivity index (χ1v) is 20.1. The molecule has 0 aliphatic carbocycles. The number of carbonyl (C=O) groups is 2. The molecule has 22 heteroatoms. The van der Waals surface area contributed by atoms with Gasteiger partial charge >= 0.3 is 0 Å². The second kappa shape index (κ2) is 25.7. The summed E-state index contributed by atoms with van der Waals surface area (Å²) >= 11 is 5.97. The van der Waals surface area contributed by atoms with Gasteiger partial charge in [-0.05, 0) is 67.6 Å². The van der Waals surface area contributed by atoms with Gasteiger partial charge in [0.05, 0.1) is 37.3 Å². The summed E-state index contributed by atoms with van der Waals surface area (Å²) in [4.78, 5) is 37.8. The molecule has 1 heterocycles. The second-order valence-corrected chi connectivity index (χ2v) is 15.0. The van der Waals surface area contributed by atoms with Crippen LogP contribution in [0, 0.1) is 6.92 Å². The van der Waals surface area contributed by atoms with E-state index in [-0.39, 0.29) is 35.7 Å². The molecule has 0 radical (unpaired) electrons. The SMILES string of the molecule is Cc1nc(N)c(C(=O)NC(N)=NCCCCc2ccc(C[C@@H](NC=O)NCCCN(C[C@H](O)[C@@H](O)[C@H](O)[C@H](O)CO)C[C@H](O)[C@@H](O)[C@H](O)[C@H](O)CO)c3ccccc23)nc1Cl. The normalized spacial score (nSPS) is 16.6. The van der Waals surface area contributed by atoms with Crippen LogP contribution >= 0.6 is 11.6 Å². The first-order valence-electron chi connectivity index (χ1n) is 19.7. The van der Waals surface area contributed by atoms with Crippen LogP contribution in [-0.2, 0) is 17.6 Å². The molecule has 3 aromatic rings. The maximum Gasteiger partial charge on any atom is 0.280 e. The standard InChI is InChI=1S/C39H60ClN9O12/c1-21-36(40)47-31(37(41)46-21)38(61)48-39(42)44-12-5-4-7-22-10-11-23(25-9-3-2-8-24(22)25)15-30(45-20-52)43-13-6-14-49(16-26(53)32(57)34(59)28(55)18-50)17-27(54)33(58)35(60)29(56)19-51/h2-3,8-11,20,26-30,32-35,43,50-51,53-60H,4-7,12-19H2,1H3,(H2,41,46)(H,45,52)(H3,42,44,48,61)/t26-,27-,28+,29+,30+,32+,33+,34+,35+/m0/s1. The van der Waals surface area contributed by atoms with Crippen molar-refractivity contribution in [1.82, 2.24) is 30.8 Å². The quantitative estimate of drug-likeness (QED) is 0.0114. The van der Waals surface area contributed by atoms with Crippen LogP contribution in [0.5, 0.6) is 0 Å². The van der Waals surface area contributed by atoms with E-state index in [1.54, 1.807) is 6.92 Å². The topological polar surface area (TPSA) is 366 Å². The minimum atomic E-state index is -1.91. The maximum absolute atomic E-state index is 12.5. The summed E-state index contributed by atoms with van der Waals surface area (Å²) in [6.45, 7) is -0.225. The summed E-state index contributed by atoms with van der Waals surface area (Å²) in [5, 5.41) is 110. The second-order valence-electron chi connectivity index (χ2n) is 14.6. The zero-order valence-electron chi connectivity index (χ0n) is 33.8. The molecule has 17 N–H and O–H groups in total. The maximum atomic E-state index is 12.5. The van der Waals surface area contributed by atoms with Gasteiger partial charge in [-0.15, -0.1) is 0 Å². The Morgan fingerprint density at radius 1 is 0.836 bits per heavy atom. The Kier molecular flexibility index (Phi) is 21.5. The number of nitrogen functional groups attached to an aromatic ring is 1. The highest BCUT2D eigenvalue weighted by molar-refractivity contribution is 6.30. The minimum Gasteiger partial charge on any atom is -0.394 e. The van der Waals surface area contributed by atoms with E-state index in [2.05, 4.69) is 30.9 Å². The number of hydrogen-bond donors (Lipinski definition) is 15. The molecule has 21 nitrogen and oxygen atoms in total. The number of guanidine groups is 1. The van der Waals surface area contributed by atoms with Crippen molar-refractivity contribution in [1.29, 1.82) is 0 Å². The summed E-state index contributed by atoms with van der Waals surface area (Å²) < 4.78 is 0. The number of fused-ring (bicyclic) bond motifs is 1. The van der Waals surface area contributed by atoms with Crippen LogP contribution in [0.3, 0.4) is 0 Å². The monoisotopic (exact) mass is 881 g/mol. The van der Waals surface area contributed by atoms with E-state index in [1.165, 1.54) is 4.90 Å². The molecule has 0 spiro atoms. The Labute approximate surface area is 357 Å². The highest BCUT2D eigenvalue weighted by atomic mass is 35.5. The summed E-state index contributed by atoms with van der Waals surface area (Å²) in [6, 6.07) is 11.9. The fourth-order valence-electron chi connectivity index (χ4n) is 6.54. The number of aliphatic hydroxyl groups excluding tert-OH is 10. The molecular weight excluding hydrogens is 822 g/mol. The molecule has 0 saturated carbocycles. The van der Waals surface area contributed by atoms with E-state index in [4.69, 9.17) is 33.3 Å². The average Bonchev–Trinajstić information content (AvgIpc) is 3.24. The molecule has 2 aromatic carbocycles. The lowest BCUT2D eigenvalue weighted by Crippen LogP contribution is -2.53. The Balaban J connectivity index is 1.61. The largest absolute Gasteiger partial charge is 0.394 e. The number of halogens is 1. The summed E-state index contributed by atoms with van der Waals surface area (Å²) in [7, 11) is 0. The number of aromatic nitrogens is 2. The number of hydrogen-bond acceptors (Lipinski definition) is 18. The summed E-state index contributed by atoms with van der Waals surface area (Å²) in [5.41, 5.74) is 14.0. The van der Waals surface area contributed by atoms with Crippen molar-refractivity contribution in [3.8, 4) is 0 Å². The van der Waals surface area contributed by atoms with E-state index in [1.807, 2.05) is 36.4 Å². The van der Waals surface area contributed by atoms with E-state index >= 15 is 0 Å². The van der Waals surface area contributed by atoms with Crippen LogP contribution in [0.15, 0.2) is 41.4 Å². The van der Waals surface area contributed by atoms with Gasteiger partial charge in [0.15, 0.2) is 22.6 Å². The summed E-state index contributed by atoms with van der Waals surface area (Å²) in [5.74, 6) is -0.861. The number of nitrogens with two attached hydrogens (primary N) is 2. The molecule has 0 fully saturated rings. The average molecular weight is 882 g/mol. The molecule has 0 saturated heterocycles. The van der Waals surface area contributed by atoms with Gasteiger partial charge in [-0.25, -0.2) is 9.97 Å². The van der Waals surface area contributed by atoms with Crippen LogP contribution in [0.25, 0.3) is 10.8 Å². The predicted molar refractivity (Wildman–Crippen MR) is 225 cm³/mol. The number of aliphatic hydroxyl groups is 10. The smallest absolute Gasteiger partial charge is 0.280 e. The first kappa shape index (κ1) is 51.2. The van der Waals surface area contributed by atoms with Crippen molar-refractivity contribution in [2.75, 3.05) is 51.7 Å². The van der Waals surface area contributed by atoms with Gasteiger partial charge in [0.25, 0.3) is 5.91 Å². The van der Waals surface area contributed by atoms with Crippen LogP contribution < -0.4 is 27.4 Å². The van der Waals surface area contributed by atoms with Gasteiger partial charge in [-0.2, -0.15) is 0 Å². The molecule has 0 bridgehead atoms. The number of rotatable bonds is 27. The molecule has 61 heavy (non-hydrogen) atoms. The number of amides is 2. The minimum absolute atomic E-state index is 0.0485. The predicted octanol–water partition coefficient (Wildman–Crippen LogP) is -3.99. The van der Waals surface area contributed by atoms with Crippen molar-refractivity contribution in [3.63, 3.8) is 0 Å². The van der Waals surface area contributed by atoms with Gasteiger partial charge in [0, 0.05) is 26.1 Å². The molecule has 2 amide bonds. The Bertz CT molecular complexity index is 1840. The highest BCUT2D eigenvalue weighted by Gasteiger charge is 2.34. The number of carbonyl (C=O) groups excluding carboxylic acids is 2. The Hall–Kier alpha value is -4.20. The fourth-order valence-corrected chi connectivity index (χ4v) is 6.67. The highest BCUT2D eigenvalue weighted by Crippen LogP contribution is 2.25. The Morgan fingerprint density at radius 3 is 1.97 bits per heavy atom. The number of nitrogens with one attached hydrogen (secondary N) is 3. The molecule has 0 aliphatic heterocycles. The van der Waals surface area contributed by atoms with Crippen molar-refractivity contribution in [3.05, 3.63) is 64.1 Å². The van der Waals surface area contributed by atoms with E-state index in [0.29, 0.717) is 37.9 Å². The van der Waals surface area contributed by atoms with Crippen LogP contribution in [0.1, 0.15) is 46.6 Å².